The Kier molecular flexibility index (Phi) is 6.82. The first kappa shape index (κ1) is 32.4. The van der Waals surface area contributed by atoms with Gasteiger partial charge in [-0.15, -0.1) is 11.3 Å². The third-order valence-corrected chi connectivity index (χ3v) is 13.0. The normalized spacial score (nSPS) is 12.1. The summed E-state index contributed by atoms with van der Waals surface area (Å²) in [6, 6.07) is 64.3. The number of furan rings is 1. The van der Waals surface area contributed by atoms with E-state index in [0.717, 1.165) is 66.0 Å². The number of hydrogen-bond acceptors (Lipinski definition) is 5. The van der Waals surface area contributed by atoms with E-state index >= 15 is 0 Å². The highest BCUT2D eigenvalue weighted by atomic mass is 32.1. The molecule has 9 aromatic carbocycles. The van der Waals surface area contributed by atoms with E-state index in [0.29, 0.717) is 17.5 Å². The molecule has 5 nitrogen and oxygen atoms in total. The summed E-state index contributed by atoms with van der Waals surface area (Å²) in [6.07, 6.45) is 0. The number of para-hydroxylation sites is 1. The van der Waals surface area contributed by atoms with E-state index in [1.807, 2.05) is 18.2 Å². The standard InChI is InChI=1S/C53H30N4OS/c1-2-14-32(15-3-1)51-54-52(39-21-12-24-46-48(39)38-20-9-11-23-45(38)59-46)56-53(55-51)41-29-33-16-5-7-18-36(33)49-40-30-34(26-28-44(40)58-50(41)49)57-42-22-10-8-19-37(42)47-35-17-6-4-13-31(35)25-27-43(47)57/h1-30H. The lowest BCUT2D eigenvalue weighted by Crippen LogP contribution is -2.00. The van der Waals surface area contributed by atoms with Crippen LogP contribution >= 0.6 is 11.3 Å². The predicted molar refractivity (Wildman–Crippen MR) is 246 cm³/mol. The summed E-state index contributed by atoms with van der Waals surface area (Å²) in [7, 11) is 0. The van der Waals surface area contributed by atoms with Gasteiger partial charge in [-0.3, -0.25) is 0 Å². The van der Waals surface area contributed by atoms with Crippen LogP contribution in [0.1, 0.15) is 0 Å². The fourth-order valence-electron chi connectivity index (χ4n) is 9.23. The van der Waals surface area contributed by atoms with E-state index in [1.54, 1.807) is 11.3 Å². The molecule has 0 bridgehead atoms. The number of benzene rings is 9. The number of rotatable bonds is 4. The maximum absolute atomic E-state index is 6.95. The molecule has 0 radical (unpaired) electrons. The first-order chi connectivity index (χ1) is 29.2. The summed E-state index contributed by atoms with van der Waals surface area (Å²) in [5, 5.41) is 11.6. The number of nitrogens with zero attached hydrogens (tertiary/aromatic N) is 4. The van der Waals surface area contributed by atoms with Crippen LogP contribution in [-0.4, -0.2) is 19.5 Å². The van der Waals surface area contributed by atoms with Crippen LogP contribution in [-0.2, 0) is 0 Å². The highest BCUT2D eigenvalue weighted by molar-refractivity contribution is 7.25. The van der Waals surface area contributed by atoms with Crippen LogP contribution < -0.4 is 0 Å². The maximum Gasteiger partial charge on any atom is 0.167 e. The second-order valence-corrected chi connectivity index (χ2v) is 16.2. The molecule has 0 aliphatic rings. The second kappa shape index (κ2) is 12.4. The minimum atomic E-state index is 0.565. The molecule has 0 spiro atoms. The van der Waals surface area contributed by atoms with Crippen LogP contribution in [0.15, 0.2) is 186 Å². The first-order valence-corrected chi connectivity index (χ1v) is 20.6. The summed E-state index contributed by atoms with van der Waals surface area (Å²) in [6.45, 7) is 0. The Morgan fingerprint density at radius 3 is 1.95 bits per heavy atom. The topological polar surface area (TPSA) is 56.7 Å². The highest BCUT2D eigenvalue weighted by Crippen LogP contribution is 2.44. The van der Waals surface area contributed by atoms with Crippen molar-refractivity contribution in [2.45, 2.75) is 0 Å². The smallest absolute Gasteiger partial charge is 0.167 e. The van der Waals surface area contributed by atoms with Crippen LogP contribution in [0.4, 0.5) is 0 Å². The minimum Gasteiger partial charge on any atom is -0.455 e. The second-order valence-electron chi connectivity index (χ2n) is 15.1. The molecule has 4 aromatic heterocycles. The van der Waals surface area contributed by atoms with Gasteiger partial charge in [0.05, 0.1) is 16.6 Å². The lowest BCUT2D eigenvalue weighted by Gasteiger charge is -2.11. The van der Waals surface area contributed by atoms with Crippen molar-refractivity contribution >= 4 is 96.8 Å². The Bertz CT molecular complexity index is 3860. The molecular formula is C53H30N4OS. The van der Waals surface area contributed by atoms with Gasteiger partial charge in [-0.05, 0) is 70.1 Å². The van der Waals surface area contributed by atoms with Crippen LogP contribution in [0.2, 0.25) is 0 Å². The molecule has 0 saturated heterocycles. The maximum atomic E-state index is 6.95. The molecule has 6 heteroatoms. The van der Waals surface area contributed by atoms with Gasteiger partial charge in [0.25, 0.3) is 0 Å². The summed E-state index contributed by atoms with van der Waals surface area (Å²) in [5.74, 6) is 1.80. The summed E-state index contributed by atoms with van der Waals surface area (Å²) in [5.41, 5.74) is 7.68. The van der Waals surface area contributed by atoms with Gasteiger partial charge in [0, 0.05) is 58.5 Å². The van der Waals surface area contributed by atoms with Crippen molar-refractivity contribution in [3.8, 4) is 39.9 Å². The van der Waals surface area contributed by atoms with Crippen LogP contribution in [0.25, 0.3) is 125 Å². The Morgan fingerprint density at radius 1 is 0.407 bits per heavy atom. The molecule has 0 aliphatic heterocycles. The van der Waals surface area contributed by atoms with E-state index in [2.05, 4.69) is 168 Å². The Morgan fingerprint density at radius 2 is 1.08 bits per heavy atom. The number of aromatic nitrogens is 4. The monoisotopic (exact) mass is 770 g/mol. The largest absolute Gasteiger partial charge is 0.455 e. The van der Waals surface area contributed by atoms with Crippen LogP contribution in [0.3, 0.4) is 0 Å². The minimum absolute atomic E-state index is 0.565. The van der Waals surface area contributed by atoms with Crippen LogP contribution in [0, 0.1) is 0 Å². The molecule has 0 unspecified atom stereocenters. The van der Waals surface area contributed by atoms with E-state index in [1.165, 1.54) is 41.8 Å². The molecule has 274 valence electrons. The van der Waals surface area contributed by atoms with E-state index in [4.69, 9.17) is 19.4 Å². The molecule has 0 atom stereocenters. The van der Waals surface area contributed by atoms with E-state index < -0.39 is 0 Å². The fraction of sp³-hybridized carbons (Fsp3) is 0. The molecule has 59 heavy (non-hydrogen) atoms. The molecule has 13 rings (SSSR count). The lowest BCUT2D eigenvalue weighted by molar-refractivity contribution is 0.669. The molecule has 0 amide bonds. The molecule has 0 fully saturated rings. The highest BCUT2D eigenvalue weighted by Gasteiger charge is 2.23. The first-order valence-electron chi connectivity index (χ1n) is 19.8. The number of hydrogen-bond donors (Lipinski definition) is 0. The molecule has 13 aromatic rings. The predicted octanol–water partition coefficient (Wildman–Crippen LogP) is 14.5. The van der Waals surface area contributed by atoms with Gasteiger partial charge in [-0.25, -0.2) is 15.0 Å². The van der Waals surface area contributed by atoms with Crippen molar-refractivity contribution in [2.24, 2.45) is 0 Å². The van der Waals surface area contributed by atoms with Crippen molar-refractivity contribution in [1.29, 1.82) is 0 Å². The van der Waals surface area contributed by atoms with Crippen molar-refractivity contribution in [3.63, 3.8) is 0 Å². The Hall–Kier alpha value is -7.67. The third-order valence-electron chi connectivity index (χ3n) is 11.8. The zero-order valence-corrected chi connectivity index (χ0v) is 32.2. The van der Waals surface area contributed by atoms with Crippen molar-refractivity contribution in [3.05, 3.63) is 182 Å². The van der Waals surface area contributed by atoms with Crippen molar-refractivity contribution < 1.29 is 4.42 Å². The summed E-state index contributed by atoms with van der Waals surface area (Å²) >= 11 is 1.79. The average molecular weight is 771 g/mol. The van der Waals surface area contributed by atoms with Crippen molar-refractivity contribution in [2.75, 3.05) is 0 Å². The van der Waals surface area contributed by atoms with E-state index in [9.17, 15) is 0 Å². The molecule has 4 heterocycles. The van der Waals surface area contributed by atoms with Crippen LogP contribution in [0.5, 0.6) is 0 Å². The molecular weight excluding hydrogens is 741 g/mol. The number of fused-ring (bicyclic) bond motifs is 13. The van der Waals surface area contributed by atoms with Gasteiger partial charge in [0.1, 0.15) is 11.2 Å². The molecule has 0 N–H and O–H groups in total. The molecule has 0 aliphatic carbocycles. The van der Waals surface area contributed by atoms with Gasteiger partial charge in [-0.2, -0.15) is 0 Å². The lowest BCUT2D eigenvalue weighted by atomic mass is 9.99. The summed E-state index contributed by atoms with van der Waals surface area (Å²) < 4.78 is 11.8. The Labute approximate surface area is 341 Å². The van der Waals surface area contributed by atoms with Gasteiger partial charge in [0.15, 0.2) is 17.5 Å². The molecule has 0 saturated carbocycles. The third kappa shape index (κ3) is 4.81. The number of thiophene rings is 1. The fourth-order valence-corrected chi connectivity index (χ4v) is 10.4. The van der Waals surface area contributed by atoms with Gasteiger partial charge in [-0.1, -0.05) is 133 Å². The quantitative estimate of drug-likeness (QED) is 0.179. The van der Waals surface area contributed by atoms with Gasteiger partial charge in [0.2, 0.25) is 0 Å². The van der Waals surface area contributed by atoms with Crippen molar-refractivity contribution in [1.82, 2.24) is 19.5 Å². The zero-order chi connectivity index (χ0) is 38.6. The zero-order valence-electron chi connectivity index (χ0n) is 31.4. The Balaban J connectivity index is 1.09. The SMILES string of the molecule is c1ccc(-c2nc(-c3cc4ccccc4c4c3oc3ccc(-n5c6ccccc6c6c7ccccc7ccc65)cc34)nc(-c3cccc4sc5ccccc5c34)n2)cc1. The van der Waals surface area contributed by atoms with E-state index in [-0.39, 0.29) is 0 Å². The van der Waals surface area contributed by atoms with Gasteiger partial charge < -0.3 is 8.98 Å². The average Bonchev–Trinajstić information content (AvgIpc) is 3.99. The summed E-state index contributed by atoms with van der Waals surface area (Å²) in [4.78, 5) is 15.7. The van der Waals surface area contributed by atoms with Gasteiger partial charge >= 0.3 is 0 Å².